The average molecular weight is 831 g/mol. The lowest BCUT2D eigenvalue weighted by atomic mass is 9.79. The van der Waals surface area contributed by atoms with Crippen LogP contribution in [-0.2, 0) is 37.1 Å². The van der Waals surface area contributed by atoms with E-state index in [2.05, 4.69) is 10.6 Å². The largest absolute Gasteiger partial charge is 0.477 e. The number of hydrogen-bond donors (Lipinski definition) is 5. The van der Waals surface area contributed by atoms with Crippen molar-refractivity contribution in [1.82, 2.24) is 20.4 Å². The number of aliphatic carboxylic acids is 1. The zero-order chi connectivity index (χ0) is 41.6. The summed E-state index contributed by atoms with van der Waals surface area (Å²) in [5.74, 6) is -3.20. The van der Waals surface area contributed by atoms with Crippen LogP contribution >= 0.6 is 24.4 Å². The average Bonchev–Trinajstić information content (AvgIpc) is 3.70. The van der Waals surface area contributed by atoms with Crippen molar-refractivity contribution >= 4 is 65.7 Å². The molecule has 306 valence electrons. The Kier molecular flexibility index (Phi) is 14.0. The number of carbonyl (C=O) groups excluding carboxylic acids is 4. The number of carbonyl (C=O) groups is 5. The van der Waals surface area contributed by atoms with Crippen LogP contribution in [0.15, 0.2) is 59.1 Å². The van der Waals surface area contributed by atoms with Gasteiger partial charge in [0.1, 0.15) is 18.9 Å². The molecule has 0 aromatic heterocycles. The first kappa shape index (κ1) is 42.7. The molecule has 0 bridgehead atoms. The van der Waals surface area contributed by atoms with Crippen LogP contribution in [0.1, 0.15) is 44.2 Å². The maximum absolute atomic E-state index is 13.6. The summed E-state index contributed by atoms with van der Waals surface area (Å²) in [7, 11) is 0. The molecule has 0 aliphatic carbocycles. The van der Waals surface area contributed by atoms with Crippen LogP contribution in [0.2, 0.25) is 0 Å². The Morgan fingerprint density at radius 2 is 1.53 bits per heavy atom. The lowest BCUT2D eigenvalue weighted by Crippen LogP contribution is -2.63. The van der Waals surface area contributed by atoms with Gasteiger partial charge in [-0.2, -0.15) is 12.6 Å². The third kappa shape index (κ3) is 10.1. The molecule has 2 saturated heterocycles. The SMILES string of the molecule is C[C@@H](O)[C@H]1C(=O)N2C(C(=O)O)=C(S[C@H]3C[C@@H](C(S)CCC(=O)NCCNC(=O)OCc4ccc([N+](=O)[O-])cc4)N(C(=O)OCc4ccc([N+](=O)[O-])cc4)C3)[C@H](C)[C@H]12. The van der Waals surface area contributed by atoms with Crippen molar-refractivity contribution in [2.24, 2.45) is 11.8 Å². The number of rotatable bonds is 17. The van der Waals surface area contributed by atoms with Crippen molar-refractivity contribution in [3.63, 3.8) is 0 Å². The zero-order valence-electron chi connectivity index (χ0n) is 30.8. The van der Waals surface area contributed by atoms with E-state index in [0.29, 0.717) is 22.5 Å². The third-order valence-corrected chi connectivity index (χ3v) is 12.1. The second-order valence-corrected chi connectivity index (χ2v) is 15.8. The maximum atomic E-state index is 13.6. The summed E-state index contributed by atoms with van der Waals surface area (Å²) >= 11 is 6.03. The molecule has 2 aromatic carbocycles. The molecule has 0 spiro atoms. The number of nitrogens with zero attached hydrogens (tertiary/aromatic N) is 4. The highest BCUT2D eigenvalue weighted by Crippen LogP contribution is 2.52. The third-order valence-electron chi connectivity index (χ3n) is 10.00. The van der Waals surface area contributed by atoms with Gasteiger partial charge in [0.15, 0.2) is 0 Å². The second kappa shape index (κ2) is 18.7. The number of ether oxygens (including phenoxy) is 2. The fourth-order valence-corrected chi connectivity index (χ4v) is 9.08. The number of carboxylic acid groups (broad SMARTS) is 1. The van der Waals surface area contributed by atoms with Gasteiger partial charge in [0, 0.05) is 77.7 Å². The van der Waals surface area contributed by atoms with Crippen LogP contribution in [0, 0.1) is 32.1 Å². The molecular formula is C36H42N6O13S2. The van der Waals surface area contributed by atoms with Crippen LogP contribution in [-0.4, -0.2) is 108 Å². The van der Waals surface area contributed by atoms with Crippen molar-refractivity contribution in [2.45, 2.75) is 75.0 Å². The van der Waals surface area contributed by atoms with E-state index in [4.69, 9.17) is 22.1 Å². The van der Waals surface area contributed by atoms with Gasteiger partial charge in [0.05, 0.1) is 27.9 Å². The minimum Gasteiger partial charge on any atom is -0.477 e. The summed E-state index contributed by atoms with van der Waals surface area (Å²) in [5, 5.41) is 46.5. The number of alkyl carbamates (subject to hydrolysis) is 1. The van der Waals surface area contributed by atoms with Gasteiger partial charge in [-0.05, 0) is 55.2 Å². The van der Waals surface area contributed by atoms with Gasteiger partial charge in [-0.3, -0.25) is 29.8 Å². The van der Waals surface area contributed by atoms with Gasteiger partial charge in [-0.15, -0.1) is 11.8 Å². The molecular weight excluding hydrogens is 789 g/mol. The summed E-state index contributed by atoms with van der Waals surface area (Å²) in [6, 6.07) is 10.0. The number of thioether (sulfide) groups is 1. The molecule has 19 nitrogen and oxygen atoms in total. The van der Waals surface area contributed by atoms with Crippen molar-refractivity contribution < 1.29 is 53.5 Å². The fourth-order valence-electron chi connectivity index (χ4n) is 7.13. The molecule has 2 aromatic rings. The number of non-ortho nitro benzene ring substituents is 2. The Bertz CT molecular complexity index is 1910. The Morgan fingerprint density at radius 1 is 0.965 bits per heavy atom. The van der Waals surface area contributed by atoms with Crippen LogP contribution in [0.4, 0.5) is 21.0 Å². The molecule has 0 radical (unpaired) electrons. The predicted octanol–water partition coefficient (Wildman–Crippen LogP) is 3.59. The number of nitrogens with one attached hydrogen (secondary N) is 2. The summed E-state index contributed by atoms with van der Waals surface area (Å²) in [6.07, 6.45) is -1.81. The topological polar surface area (TPSA) is 261 Å². The molecule has 0 saturated carbocycles. The van der Waals surface area contributed by atoms with E-state index in [9.17, 15) is 54.4 Å². The number of aliphatic hydroxyl groups excluding tert-OH is 1. The Balaban J connectivity index is 1.16. The fraction of sp³-hybridized carbons (Fsp3) is 0.472. The van der Waals surface area contributed by atoms with Crippen LogP contribution < -0.4 is 10.6 Å². The summed E-state index contributed by atoms with van der Waals surface area (Å²) in [5.41, 5.74) is 0.717. The van der Waals surface area contributed by atoms with Crippen LogP contribution in [0.5, 0.6) is 0 Å². The summed E-state index contributed by atoms with van der Waals surface area (Å²) in [6.45, 7) is 3.28. The molecule has 5 rings (SSSR count). The Hall–Kier alpha value is -5.41. The van der Waals surface area contributed by atoms with Gasteiger partial charge in [-0.1, -0.05) is 6.92 Å². The normalized spacial score (nSPS) is 22.2. The van der Waals surface area contributed by atoms with E-state index >= 15 is 0 Å². The first-order valence-corrected chi connectivity index (χ1v) is 19.4. The van der Waals surface area contributed by atoms with E-state index in [1.807, 2.05) is 0 Å². The van der Waals surface area contributed by atoms with Gasteiger partial charge in [0.25, 0.3) is 11.4 Å². The first-order chi connectivity index (χ1) is 27.1. The van der Waals surface area contributed by atoms with Crippen molar-refractivity contribution in [3.8, 4) is 0 Å². The molecule has 1 unspecified atom stereocenters. The molecule has 7 atom stereocenters. The lowest BCUT2D eigenvalue weighted by Gasteiger charge is -2.46. The Morgan fingerprint density at radius 3 is 2.07 bits per heavy atom. The van der Waals surface area contributed by atoms with Crippen molar-refractivity contribution in [2.75, 3.05) is 19.6 Å². The van der Waals surface area contributed by atoms with E-state index in [0.717, 1.165) is 0 Å². The lowest BCUT2D eigenvalue weighted by molar-refractivity contribution is -0.385. The molecule has 3 aliphatic heterocycles. The van der Waals surface area contributed by atoms with E-state index in [1.165, 1.54) is 77.0 Å². The number of carboxylic acids is 1. The van der Waals surface area contributed by atoms with Gasteiger partial charge in [-0.25, -0.2) is 14.4 Å². The number of likely N-dealkylation sites (tertiary alicyclic amines) is 1. The smallest absolute Gasteiger partial charge is 0.410 e. The second-order valence-electron chi connectivity index (χ2n) is 13.8. The number of nitro benzene ring substituents is 2. The molecule has 4 N–H and O–H groups in total. The van der Waals surface area contributed by atoms with Crippen LogP contribution in [0.3, 0.4) is 0 Å². The molecule has 2 fully saturated rings. The highest BCUT2D eigenvalue weighted by atomic mass is 32.2. The molecule has 3 aliphatic rings. The molecule has 21 heteroatoms. The van der Waals surface area contributed by atoms with Crippen molar-refractivity contribution in [3.05, 3.63) is 90.5 Å². The van der Waals surface area contributed by atoms with E-state index in [-0.39, 0.29) is 79.8 Å². The number of nitro groups is 2. The van der Waals surface area contributed by atoms with E-state index < -0.39 is 63.3 Å². The summed E-state index contributed by atoms with van der Waals surface area (Å²) < 4.78 is 10.7. The maximum Gasteiger partial charge on any atom is 0.410 e. The highest BCUT2D eigenvalue weighted by Gasteiger charge is 2.60. The predicted molar refractivity (Wildman–Crippen MR) is 206 cm³/mol. The monoisotopic (exact) mass is 830 g/mol. The van der Waals surface area contributed by atoms with Crippen LogP contribution in [0.25, 0.3) is 0 Å². The zero-order valence-corrected chi connectivity index (χ0v) is 32.6. The number of aliphatic hydroxyl groups is 1. The van der Waals surface area contributed by atoms with Gasteiger partial charge in [0.2, 0.25) is 11.8 Å². The number of benzene rings is 2. The molecule has 4 amide bonds. The quantitative estimate of drug-likeness (QED) is 0.0502. The number of β-lactam (4-membered cyclic amide) rings is 1. The molecule has 57 heavy (non-hydrogen) atoms. The number of hydrogen-bond acceptors (Lipinski definition) is 14. The van der Waals surface area contributed by atoms with E-state index in [1.54, 1.807) is 6.92 Å². The highest BCUT2D eigenvalue weighted by molar-refractivity contribution is 8.03. The Labute approximate surface area is 335 Å². The first-order valence-electron chi connectivity index (χ1n) is 18.0. The van der Waals surface area contributed by atoms with Gasteiger partial charge >= 0.3 is 18.2 Å². The van der Waals surface area contributed by atoms with Crippen molar-refractivity contribution in [1.29, 1.82) is 0 Å². The minimum atomic E-state index is -1.27. The summed E-state index contributed by atoms with van der Waals surface area (Å²) in [4.78, 5) is 87.5. The number of thiol groups is 1. The molecule has 3 heterocycles. The minimum absolute atomic E-state index is 0.0174. The standard InChI is InChI=1S/C36H42N6O13S2/c1-19-30-29(20(2)43)33(45)40(30)31(34(46)47)32(19)57-25-15-26(39(16-25)36(49)55-18-22-5-9-24(10-6-22)42(52)53)27(56)11-12-28(44)37-13-14-38-35(48)54-17-21-3-7-23(8-4-21)41(50)51/h3-10,19-20,25-27,29-30,43,56H,11-18H2,1-2H3,(H,37,44)(H,38,48)(H,46,47)/t19-,20-,25+,26+,27?,29-,30-/m1/s1. The number of fused-ring (bicyclic) bond motifs is 1. The van der Waals surface area contributed by atoms with Gasteiger partial charge < -0.3 is 40.1 Å². The number of amides is 4.